The van der Waals surface area contributed by atoms with Crippen LogP contribution in [0, 0.1) is 5.41 Å². The maximum Gasteiger partial charge on any atom is 0.332 e. The Bertz CT molecular complexity index is 221. The van der Waals surface area contributed by atoms with Crippen LogP contribution in [0.2, 0.25) is 0 Å². The van der Waals surface area contributed by atoms with Gasteiger partial charge in [0.2, 0.25) is 0 Å². The van der Waals surface area contributed by atoms with E-state index in [0.29, 0.717) is 6.61 Å². The van der Waals surface area contributed by atoms with Gasteiger partial charge in [-0.05, 0) is 6.92 Å². The van der Waals surface area contributed by atoms with Crippen molar-refractivity contribution in [3.63, 3.8) is 0 Å². The first-order valence-electron chi connectivity index (χ1n) is 4.66. The second kappa shape index (κ2) is 8.66. The molecule has 0 fully saturated rings. The van der Waals surface area contributed by atoms with Gasteiger partial charge < -0.3 is 9.47 Å². The molecule has 0 aromatic rings. The van der Waals surface area contributed by atoms with Crippen molar-refractivity contribution in [2.24, 2.45) is 5.41 Å². The van der Waals surface area contributed by atoms with E-state index in [2.05, 4.69) is 54.4 Å². The number of esters is 1. The van der Waals surface area contributed by atoms with Crippen molar-refractivity contribution < 1.29 is 14.3 Å². The van der Waals surface area contributed by atoms with Gasteiger partial charge in [0.15, 0.2) is 6.29 Å². The van der Waals surface area contributed by atoms with Crippen molar-refractivity contribution in [3.05, 3.63) is 12.7 Å². The molecule has 1 unspecified atom stereocenters. The monoisotopic (exact) mass is 420 g/mol. The van der Waals surface area contributed by atoms with Crippen molar-refractivity contribution in [1.82, 2.24) is 0 Å². The highest BCUT2D eigenvalue weighted by Crippen LogP contribution is 2.26. The summed E-state index contributed by atoms with van der Waals surface area (Å²) in [6.07, 6.45) is 0.550. The van der Waals surface area contributed by atoms with Gasteiger partial charge in [0, 0.05) is 27.5 Å². The summed E-state index contributed by atoms with van der Waals surface area (Å²) in [5.41, 5.74) is -0.0468. The summed E-state index contributed by atoms with van der Waals surface area (Å²) in [7, 11) is 0. The Morgan fingerprint density at radius 3 is 2.25 bits per heavy atom. The smallest absolute Gasteiger partial charge is 0.332 e. The number of rotatable bonds is 8. The zero-order valence-electron chi connectivity index (χ0n) is 9.05. The summed E-state index contributed by atoms with van der Waals surface area (Å²) in [4.78, 5) is 10.9. The Labute approximate surface area is 121 Å². The van der Waals surface area contributed by atoms with Crippen LogP contribution in [-0.2, 0) is 14.3 Å². The van der Waals surface area contributed by atoms with Crippen LogP contribution >= 0.6 is 47.8 Å². The number of hydrogen-bond acceptors (Lipinski definition) is 3. The second-order valence-electron chi connectivity index (χ2n) is 3.42. The summed E-state index contributed by atoms with van der Waals surface area (Å²) in [6, 6.07) is 0. The van der Waals surface area contributed by atoms with Crippen LogP contribution in [0.3, 0.4) is 0 Å². The van der Waals surface area contributed by atoms with E-state index in [9.17, 15) is 4.79 Å². The number of ether oxygens (including phenoxy) is 2. The maximum absolute atomic E-state index is 10.9. The summed E-state index contributed by atoms with van der Waals surface area (Å²) in [5, 5.41) is 2.37. The van der Waals surface area contributed by atoms with Crippen LogP contribution in [-0.4, -0.2) is 34.9 Å². The van der Waals surface area contributed by atoms with Gasteiger partial charge in [-0.2, -0.15) is 0 Å². The van der Waals surface area contributed by atoms with Crippen LogP contribution in [0.4, 0.5) is 0 Å². The molecule has 0 N–H and O–H groups in total. The van der Waals surface area contributed by atoms with Gasteiger partial charge in [0.25, 0.3) is 0 Å². The average Bonchev–Trinajstić information content (AvgIpc) is 2.31. The van der Waals surface area contributed by atoms with Crippen molar-refractivity contribution >= 4 is 53.8 Å². The highest BCUT2D eigenvalue weighted by molar-refractivity contribution is 9.10. The first-order chi connectivity index (χ1) is 7.53. The number of alkyl halides is 3. The maximum atomic E-state index is 10.9. The van der Waals surface area contributed by atoms with Crippen LogP contribution in [0.5, 0.6) is 0 Å². The van der Waals surface area contributed by atoms with E-state index < -0.39 is 12.3 Å². The topological polar surface area (TPSA) is 35.5 Å². The molecule has 0 heterocycles. The Hall–Kier alpha value is 0.610. The van der Waals surface area contributed by atoms with E-state index >= 15 is 0 Å². The van der Waals surface area contributed by atoms with E-state index in [-0.39, 0.29) is 5.41 Å². The van der Waals surface area contributed by atoms with Crippen molar-refractivity contribution in [1.29, 1.82) is 0 Å². The number of hydrogen-bond donors (Lipinski definition) is 0. The molecule has 1 atom stereocenters. The van der Waals surface area contributed by atoms with Crippen molar-refractivity contribution in [3.8, 4) is 0 Å². The van der Waals surface area contributed by atoms with Crippen LogP contribution < -0.4 is 0 Å². The fraction of sp³-hybridized carbons (Fsp3) is 0.700. The molecule has 94 valence electrons. The lowest BCUT2D eigenvalue weighted by molar-refractivity contribution is -0.172. The molecule has 0 aliphatic carbocycles. The molecule has 0 aromatic carbocycles. The molecular formula is C10H15Br3O3. The lowest BCUT2D eigenvalue weighted by Gasteiger charge is -2.28. The number of halogens is 3. The van der Waals surface area contributed by atoms with E-state index in [1.165, 1.54) is 0 Å². The van der Waals surface area contributed by atoms with E-state index in [1.54, 1.807) is 6.92 Å². The molecule has 0 rings (SSSR count). The van der Waals surface area contributed by atoms with Gasteiger partial charge in [0.1, 0.15) is 0 Å². The van der Waals surface area contributed by atoms with Gasteiger partial charge in [0.05, 0.1) is 6.61 Å². The summed E-state index contributed by atoms with van der Waals surface area (Å²) >= 11 is 10.3. The standard InChI is InChI=1S/C10H15Br3O3/c1-3-9(14)16-8(2)15-7-10(4-11,5-12)6-13/h3,8H,1,4-7H2,2H3. The summed E-state index contributed by atoms with van der Waals surface area (Å²) < 4.78 is 10.4. The average molecular weight is 423 g/mol. The zero-order chi connectivity index (χ0) is 12.6. The third-order valence-electron chi connectivity index (χ3n) is 1.92. The molecule has 0 aliphatic heterocycles. The number of carbonyl (C=O) groups excluding carboxylic acids is 1. The van der Waals surface area contributed by atoms with Gasteiger partial charge >= 0.3 is 5.97 Å². The van der Waals surface area contributed by atoms with Gasteiger partial charge in [-0.15, -0.1) is 0 Å². The molecule has 0 aromatic heterocycles. The molecule has 3 nitrogen and oxygen atoms in total. The molecule has 16 heavy (non-hydrogen) atoms. The second-order valence-corrected chi connectivity index (χ2v) is 5.10. The van der Waals surface area contributed by atoms with Crippen molar-refractivity contribution in [2.45, 2.75) is 13.2 Å². The predicted octanol–water partition coefficient (Wildman–Crippen LogP) is 3.25. The first-order valence-corrected chi connectivity index (χ1v) is 8.02. The predicted molar refractivity (Wildman–Crippen MR) is 75.5 cm³/mol. The molecule has 0 amide bonds. The van der Waals surface area contributed by atoms with Gasteiger partial charge in [-0.1, -0.05) is 54.4 Å². The minimum atomic E-state index is -0.568. The van der Waals surface area contributed by atoms with Gasteiger partial charge in [-0.25, -0.2) is 4.79 Å². The quantitative estimate of drug-likeness (QED) is 0.261. The third kappa shape index (κ3) is 5.80. The van der Waals surface area contributed by atoms with Crippen molar-refractivity contribution in [2.75, 3.05) is 22.6 Å². The van der Waals surface area contributed by atoms with E-state index in [1.807, 2.05) is 0 Å². The van der Waals surface area contributed by atoms with Crippen LogP contribution in [0.25, 0.3) is 0 Å². The normalized spacial score (nSPS) is 13.2. The fourth-order valence-corrected chi connectivity index (χ4v) is 4.03. The Morgan fingerprint density at radius 2 is 1.88 bits per heavy atom. The molecule has 0 bridgehead atoms. The molecule has 0 aliphatic rings. The van der Waals surface area contributed by atoms with Crippen LogP contribution in [0.15, 0.2) is 12.7 Å². The largest absolute Gasteiger partial charge is 0.433 e. The molecule has 0 saturated carbocycles. The highest BCUT2D eigenvalue weighted by atomic mass is 79.9. The minimum absolute atomic E-state index is 0.0468. The lowest BCUT2D eigenvalue weighted by atomic mass is 9.98. The van der Waals surface area contributed by atoms with E-state index in [0.717, 1.165) is 22.1 Å². The Kier molecular flexibility index (Phi) is 8.99. The summed E-state index contributed by atoms with van der Waals surface area (Å²) in [5.74, 6) is -0.477. The van der Waals surface area contributed by atoms with Crippen LogP contribution in [0.1, 0.15) is 6.92 Å². The Balaban J connectivity index is 4.10. The first kappa shape index (κ1) is 16.6. The minimum Gasteiger partial charge on any atom is -0.433 e. The fourth-order valence-electron chi connectivity index (χ4n) is 0.763. The zero-order valence-corrected chi connectivity index (χ0v) is 13.8. The molecule has 6 heteroatoms. The SMILES string of the molecule is C=CC(=O)OC(C)OCC(CBr)(CBr)CBr. The lowest BCUT2D eigenvalue weighted by Crippen LogP contribution is -2.35. The molecular weight excluding hydrogens is 408 g/mol. The highest BCUT2D eigenvalue weighted by Gasteiger charge is 2.28. The molecule has 0 saturated heterocycles. The Morgan fingerprint density at radius 1 is 1.38 bits per heavy atom. The molecule has 0 spiro atoms. The van der Waals surface area contributed by atoms with E-state index in [4.69, 9.17) is 9.47 Å². The molecule has 0 radical (unpaired) electrons. The third-order valence-corrected chi connectivity index (χ3v) is 5.49. The van der Waals surface area contributed by atoms with Gasteiger partial charge in [-0.3, -0.25) is 0 Å². The number of carbonyl (C=O) groups is 1. The summed E-state index contributed by atoms with van der Waals surface area (Å²) in [6.45, 7) is 5.49.